The summed E-state index contributed by atoms with van der Waals surface area (Å²) in [6, 6.07) is 2.09. The van der Waals surface area contributed by atoms with E-state index < -0.39 is 17.2 Å². The molecular weight excluding hydrogens is 192 g/mol. The van der Waals surface area contributed by atoms with Gasteiger partial charge in [0.2, 0.25) is 0 Å². The first-order valence-corrected chi connectivity index (χ1v) is 4.88. The summed E-state index contributed by atoms with van der Waals surface area (Å²) in [6.45, 7) is 8.95. The fourth-order valence-corrected chi connectivity index (χ4v) is 1.36. The molecule has 1 amide bonds. The first-order chi connectivity index (χ1) is 6.83. The summed E-state index contributed by atoms with van der Waals surface area (Å²) < 4.78 is 5.07. The van der Waals surface area contributed by atoms with E-state index >= 15 is 0 Å². The van der Waals surface area contributed by atoms with Crippen LogP contribution in [0.5, 0.6) is 0 Å². The molecule has 0 aromatic heterocycles. The SMILES string of the molecule is C=CC1CC1(C#N)NC(=O)OC(C)(C)C. The van der Waals surface area contributed by atoms with Crippen molar-refractivity contribution >= 4 is 6.09 Å². The van der Waals surface area contributed by atoms with E-state index in [0.717, 1.165) is 0 Å². The largest absolute Gasteiger partial charge is 0.444 e. The van der Waals surface area contributed by atoms with Crippen molar-refractivity contribution in [3.05, 3.63) is 12.7 Å². The van der Waals surface area contributed by atoms with E-state index in [-0.39, 0.29) is 5.92 Å². The lowest BCUT2D eigenvalue weighted by molar-refractivity contribution is 0.0508. The number of carbonyl (C=O) groups excluding carboxylic acids is 1. The van der Waals surface area contributed by atoms with Crippen LogP contribution in [-0.2, 0) is 4.74 Å². The normalized spacial score (nSPS) is 28.8. The second kappa shape index (κ2) is 3.58. The van der Waals surface area contributed by atoms with E-state index in [4.69, 9.17) is 10.00 Å². The zero-order valence-corrected chi connectivity index (χ0v) is 9.33. The predicted molar refractivity (Wildman–Crippen MR) is 56.0 cm³/mol. The van der Waals surface area contributed by atoms with Crippen LogP contribution in [0.4, 0.5) is 4.79 Å². The average molecular weight is 208 g/mol. The van der Waals surface area contributed by atoms with Gasteiger partial charge in [-0.05, 0) is 27.2 Å². The van der Waals surface area contributed by atoms with Gasteiger partial charge in [0.05, 0.1) is 6.07 Å². The Balaban J connectivity index is 2.53. The van der Waals surface area contributed by atoms with E-state index in [1.165, 1.54) is 0 Å². The molecule has 1 N–H and O–H groups in total. The van der Waals surface area contributed by atoms with Crippen LogP contribution in [0, 0.1) is 17.2 Å². The second-order valence-electron chi connectivity index (χ2n) is 4.76. The Morgan fingerprint density at radius 3 is 2.67 bits per heavy atom. The molecule has 0 radical (unpaired) electrons. The molecule has 0 saturated heterocycles. The molecule has 4 heteroatoms. The van der Waals surface area contributed by atoms with Crippen LogP contribution in [-0.4, -0.2) is 17.2 Å². The van der Waals surface area contributed by atoms with Gasteiger partial charge in [0.1, 0.15) is 11.1 Å². The Kier molecular flexibility index (Phi) is 2.76. The molecule has 15 heavy (non-hydrogen) atoms. The minimum atomic E-state index is -0.788. The highest BCUT2D eigenvalue weighted by atomic mass is 16.6. The van der Waals surface area contributed by atoms with Crippen molar-refractivity contribution in [1.82, 2.24) is 5.32 Å². The van der Waals surface area contributed by atoms with Gasteiger partial charge >= 0.3 is 6.09 Å². The molecule has 0 bridgehead atoms. The standard InChI is InChI=1S/C11H16N2O2/c1-5-8-6-11(8,7-12)13-9(14)15-10(2,3)4/h5,8H,1,6H2,2-4H3,(H,13,14). The van der Waals surface area contributed by atoms with Gasteiger partial charge in [0.15, 0.2) is 0 Å². The van der Waals surface area contributed by atoms with Gasteiger partial charge < -0.3 is 10.1 Å². The molecule has 1 fully saturated rings. The lowest BCUT2D eigenvalue weighted by atomic mass is 10.2. The smallest absolute Gasteiger partial charge is 0.408 e. The van der Waals surface area contributed by atoms with Crippen LogP contribution in [0.2, 0.25) is 0 Å². The van der Waals surface area contributed by atoms with Crippen molar-refractivity contribution in [3.8, 4) is 6.07 Å². The van der Waals surface area contributed by atoms with Gasteiger partial charge in [-0.25, -0.2) is 4.79 Å². The summed E-state index contributed by atoms with van der Waals surface area (Å²) >= 11 is 0. The summed E-state index contributed by atoms with van der Waals surface area (Å²) in [6.07, 6.45) is 1.75. The van der Waals surface area contributed by atoms with Crippen molar-refractivity contribution in [2.75, 3.05) is 0 Å². The zero-order valence-electron chi connectivity index (χ0n) is 9.33. The molecule has 1 aliphatic rings. The highest BCUT2D eigenvalue weighted by Crippen LogP contribution is 2.43. The predicted octanol–water partition coefficient (Wildman–Crippen LogP) is 1.98. The molecule has 0 aliphatic heterocycles. The molecule has 0 heterocycles. The van der Waals surface area contributed by atoms with Crippen LogP contribution in [0.1, 0.15) is 27.2 Å². The molecule has 1 rings (SSSR count). The molecule has 0 aromatic carbocycles. The highest BCUT2D eigenvalue weighted by molar-refractivity contribution is 5.70. The fourth-order valence-electron chi connectivity index (χ4n) is 1.36. The molecule has 2 atom stereocenters. The molecule has 4 nitrogen and oxygen atoms in total. The van der Waals surface area contributed by atoms with E-state index in [9.17, 15) is 4.79 Å². The van der Waals surface area contributed by atoms with Crippen LogP contribution in [0.3, 0.4) is 0 Å². The summed E-state index contributed by atoms with van der Waals surface area (Å²) in [4.78, 5) is 11.4. The molecule has 1 aliphatic carbocycles. The number of hydrogen-bond donors (Lipinski definition) is 1. The number of nitrogens with zero attached hydrogens (tertiary/aromatic N) is 1. The first-order valence-electron chi connectivity index (χ1n) is 4.88. The zero-order chi connectivity index (χ0) is 11.7. The summed E-state index contributed by atoms with van der Waals surface area (Å²) in [7, 11) is 0. The van der Waals surface area contributed by atoms with Gasteiger partial charge in [-0.3, -0.25) is 0 Å². The number of nitriles is 1. The third kappa shape index (κ3) is 2.72. The van der Waals surface area contributed by atoms with E-state index in [1.54, 1.807) is 26.8 Å². The van der Waals surface area contributed by atoms with Crippen LogP contribution < -0.4 is 5.32 Å². The lowest BCUT2D eigenvalue weighted by Gasteiger charge is -2.21. The summed E-state index contributed by atoms with van der Waals surface area (Å²) in [5.74, 6) is 0.0371. The minimum absolute atomic E-state index is 0.0371. The Labute approximate surface area is 89.9 Å². The monoisotopic (exact) mass is 208 g/mol. The van der Waals surface area contributed by atoms with Crippen LogP contribution in [0.25, 0.3) is 0 Å². The Hall–Kier alpha value is -1.50. The average Bonchev–Trinajstić information content (AvgIpc) is 2.76. The maximum Gasteiger partial charge on any atom is 0.408 e. The number of amides is 1. The van der Waals surface area contributed by atoms with Gasteiger partial charge in [-0.1, -0.05) is 6.08 Å². The van der Waals surface area contributed by atoms with Gasteiger partial charge in [-0.2, -0.15) is 5.26 Å². The van der Waals surface area contributed by atoms with Crippen molar-refractivity contribution in [2.24, 2.45) is 5.92 Å². The Morgan fingerprint density at radius 2 is 2.33 bits per heavy atom. The molecule has 0 spiro atoms. The van der Waals surface area contributed by atoms with E-state index in [1.807, 2.05) is 0 Å². The maximum atomic E-state index is 11.4. The third-order valence-electron chi connectivity index (χ3n) is 2.22. The number of alkyl carbamates (subject to hydrolysis) is 1. The Bertz CT molecular complexity index is 324. The number of nitrogens with one attached hydrogen (secondary N) is 1. The lowest BCUT2D eigenvalue weighted by Crippen LogP contribution is -2.41. The van der Waals surface area contributed by atoms with Crippen LogP contribution in [0.15, 0.2) is 12.7 Å². The van der Waals surface area contributed by atoms with Gasteiger partial charge in [0.25, 0.3) is 0 Å². The van der Waals surface area contributed by atoms with Crippen molar-refractivity contribution in [3.63, 3.8) is 0 Å². The van der Waals surface area contributed by atoms with E-state index in [2.05, 4.69) is 18.0 Å². The quantitative estimate of drug-likeness (QED) is 0.706. The number of ether oxygens (including phenoxy) is 1. The van der Waals surface area contributed by atoms with Crippen molar-refractivity contribution in [2.45, 2.75) is 38.3 Å². The molecule has 82 valence electrons. The van der Waals surface area contributed by atoms with Gasteiger partial charge in [0, 0.05) is 5.92 Å². The Morgan fingerprint density at radius 1 is 1.73 bits per heavy atom. The van der Waals surface area contributed by atoms with Crippen LogP contribution >= 0.6 is 0 Å². The minimum Gasteiger partial charge on any atom is -0.444 e. The van der Waals surface area contributed by atoms with E-state index in [0.29, 0.717) is 6.42 Å². The fraction of sp³-hybridized carbons (Fsp3) is 0.636. The highest BCUT2D eigenvalue weighted by Gasteiger charge is 2.55. The first kappa shape index (κ1) is 11.6. The molecule has 0 aromatic rings. The number of hydrogen-bond acceptors (Lipinski definition) is 3. The van der Waals surface area contributed by atoms with Crippen molar-refractivity contribution in [1.29, 1.82) is 5.26 Å². The maximum absolute atomic E-state index is 11.4. The third-order valence-corrected chi connectivity index (χ3v) is 2.22. The molecular formula is C11H16N2O2. The topological polar surface area (TPSA) is 62.1 Å². The van der Waals surface area contributed by atoms with Crippen molar-refractivity contribution < 1.29 is 9.53 Å². The number of carbonyl (C=O) groups is 1. The summed E-state index contributed by atoms with van der Waals surface area (Å²) in [5.41, 5.74) is -1.33. The molecule has 1 saturated carbocycles. The molecule has 2 unspecified atom stereocenters. The number of rotatable bonds is 2. The van der Waals surface area contributed by atoms with Gasteiger partial charge in [-0.15, -0.1) is 6.58 Å². The second-order valence-corrected chi connectivity index (χ2v) is 4.76. The summed E-state index contributed by atoms with van der Waals surface area (Å²) in [5, 5.41) is 11.5.